The molecule has 1 unspecified atom stereocenters. The van der Waals surface area contributed by atoms with Crippen LogP contribution in [0.25, 0.3) is 0 Å². The summed E-state index contributed by atoms with van der Waals surface area (Å²) in [7, 11) is 1.54. The quantitative estimate of drug-likeness (QED) is 0.385. The smallest absolute Gasteiger partial charge is 0.326 e. The molecule has 0 saturated heterocycles. The van der Waals surface area contributed by atoms with E-state index in [9.17, 15) is 9.59 Å². The number of urea groups is 1. The van der Waals surface area contributed by atoms with Crippen LogP contribution in [0.5, 0.6) is 0 Å². The molecule has 20 heavy (non-hydrogen) atoms. The van der Waals surface area contributed by atoms with Crippen molar-refractivity contribution in [3.63, 3.8) is 0 Å². The third kappa shape index (κ3) is 10.3. The molecule has 0 bridgehead atoms. The Kier molecular flexibility index (Phi) is 10.3. The molecular weight excluding hydrogens is 264 g/mol. The fraction of sp³-hybridized carbons (Fsp3) is 0.692. The number of carboxylic acid groups (broad SMARTS) is 1. The van der Waals surface area contributed by atoms with E-state index in [1.165, 1.54) is 0 Å². The van der Waals surface area contributed by atoms with E-state index < -0.39 is 18.0 Å². The van der Waals surface area contributed by atoms with Gasteiger partial charge in [-0.2, -0.15) is 0 Å². The molecule has 7 heteroatoms. The van der Waals surface area contributed by atoms with Crippen LogP contribution in [0.3, 0.4) is 0 Å². The highest BCUT2D eigenvalue weighted by Gasteiger charge is 2.18. The van der Waals surface area contributed by atoms with Crippen molar-refractivity contribution in [3.8, 4) is 0 Å². The molecule has 2 amide bonds. The summed E-state index contributed by atoms with van der Waals surface area (Å²) >= 11 is 0. The van der Waals surface area contributed by atoms with E-state index in [2.05, 4.69) is 17.2 Å². The summed E-state index contributed by atoms with van der Waals surface area (Å²) < 4.78 is 10.0. The fourth-order valence-electron chi connectivity index (χ4n) is 1.38. The lowest BCUT2D eigenvalue weighted by atomic mass is 10.1. The number of nitrogens with one attached hydrogen (secondary N) is 2. The average Bonchev–Trinajstić information content (AvgIpc) is 2.36. The van der Waals surface area contributed by atoms with E-state index in [-0.39, 0.29) is 0 Å². The number of hydrogen-bond acceptors (Lipinski definition) is 4. The Morgan fingerprint density at radius 3 is 2.60 bits per heavy atom. The maximum atomic E-state index is 11.5. The van der Waals surface area contributed by atoms with Crippen LogP contribution in [-0.2, 0) is 14.3 Å². The fourth-order valence-corrected chi connectivity index (χ4v) is 1.38. The number of rotatable bonds is 11. The Morgan fingerprint density at radius 2 is 2.05 bits per heavy atom. The van der Waals surface area contributed by atoms with Crippen molar-refractivity contribution in [1.82, 2.24) is 10.6 Å². The minimum atomic E-state index is -1.06. The second-order valence-electron chi connectivity index (χ2n) is 4.44. The predicted octanol–water partition coefficient (Wildman–Crippen LogP) is 0.758. The van der Waals surface area contributed by atoms with Gasteiger partial charge in [0.15, 0.2) is 0 Å². The third-order valence-corrected chi connectivity index (χ3v) is 2.33. The molecule has 0 fully saturated rings. The zero-order valence-electron chi connectivity index (χ0n) is 12.1. The topological polar surface area (TPSA) is 96.9 Å². The maximum absolute atomic E-state index is 11.5. The van der Waals surface area contributed by atoms with Crippen LogP contribution >= 0.6 is 0 Å². The Balaban J connectivity index is 3.83. The first-order chi connectivity index (χ1) is 9.47. The SMILES string of the molecule is C=C(C)COCCNC(=O)NC(CCCOC)C(=O)O. The van der Waals surface area contributed by atoms with Crippen LogP contribution in [0.15, 0.2) is 12.2 Å². The van der Waals surface area contributed by atoms with Crippen molar-refractivity contribution >= 4 is 12.0 Å². The minimum Gasteiger partial charge on any atom is -0.480 e. The molecule has 7 nitrogen and oxygen atoms in total. The van der Waals surface area contributed by atoms with Crippen molar-refractivity contribution in [1.29, 1.82) is 0 Å². The van der Waals surface area contributed by atoms with Crippen molar-refractivity contribution in [2.24, 2.45) is 0 Å². The third-order valence-electron chi connectivity index (χ3n) is 2.33. The van der Waals surface area contributed by atoms with E-state index >= 15 is 0 Å². The van der Waals surface area contributed by atoms with Crippen molar-refractivity contribution < 1.29 is 24.2 Å². The molecule has 0 aliphatic heterocycles. The zero-order chi connectivity index (χ0) is 15.4. The van der Waals surface area contributed by atoms with Crippen molar-refractivity contribution in [2.75, 3.05) is 33.5 Å². The van der Waals surface area contributed by atoms with Gasteiger partial charge >= 0.3 is 12.0 Å². The average molecular weight is 288 g/mol. The van der Waals surface area contributed by atoms with Gasteiger partial charge in [-0.05, 0) is 19.8 Å². The molecule has 0 aromatic rings. The maximum Gasteiger partial charge on any atom is 0.326 e. The van der Waals surface area contributed by atoms with Crippen LogP contribution in [0.1, 0.15) is 19.8 Å². The first kappa shape index (κ1) is 18.4. The second kappa shape index (κ2) is 11.2. The van der Waals surface area contributed by atoms with E-state index in [4.69, 9.17) is 14.6 Å². The normalized spacial score (nSPS) is 11.7. The van der Waals surface area contributed by atoms with Crippen molar-refractivity contribution in [2.45, 2.75) is 25.8 Å². The largest absolute Gasteiger partial charge is 0.480 e. The predicted molar refractivity (Wildman–Crippen MR) is 74.7 cm³/mol. The van der Waals surface area contributed by atoms with Gasteiger partial charge in [0.05, 0.1) is 13.2 Å². The monoisotopic (exact) mass is 288 g/mol. The molecule has 116 valence electrons. The first-order valence-electron chi connectivity index (χ1n) is 6.45. The van der Waals surface area contributed by atoms with Crippen LogP contribution < -0.4 is 10.6 Å². The number of hydrogen-bond donors (Lipinski definition) is 3. The van der Waals surface area contributed by atoms with E-state index in [0.717, 1.165) is 5.57 Å². The van der Waals surface area contributed by atoms with Gasteiger partial charge in [0, 0.05) is 20.3 Å². The van der Waals surface area contributed by atoms with Gasteiger partial charge in [-0.25, -0.2) is 9.59 Å². The van der Waals surface area contributed by atoms with Crippen LogP contribution in [0.4, 0.5) is 4.79 Å². The summed E-state index contributed by atoms with van der Waals surface area (Å²) in [5.74, 6) is -1.06. The molecule has 0 spiro atoms. The Hall–Kier alpha value is -1.60. The molecule has 0 aliphatic carbocycles. The van der Waals surface area contributed by atoms with Gasteiger partial charge in [0.1, 0.15) is 6.04 Å². The summed E-state index contributed by atoms with van der Waals surface area (Å²) in [6.07, 6.45) is 0.887. The summed E-state index contributed by atoms with van der Waals surface area (Å²) in [6.45, 7) is 7.09. The lowest BCUT2D eigenvalue weighted by Gasteiger charge is -2.15. The van der Waals surface area contributed by atoms with Gasteiger partial charge in [0.2, 0.25) is 0 Å². The lowest BCUT2D eigenvalue weighted by Crippen LogP contribution is -2.46. The highest BCUT2D eigenvalue weighted by Crippen LogP contribution is 1.98. The Bertz CT molecular complexity index is 320. The van der Waals surface area contributed by atoms with Gasteiger partial charge in [-0.3, -0.25) is 0 Å². The minimum absolute atomic E-state index is 0.309. The first-order valence-corrected chi connectivity index (χ1v) is 6.45. The number of carboxylic acids is 1. The zero-order valence-corrected chi connectivity index (χ0v) is 12.1. The van der Waals surface area contributed by atoms with Gasteiger partial charge in [0.25, 0.3) is 0 Å². The van der Waals surface area contributed by atoms with Gasteiger partial charge < -0.3 is 25.2 Å². The second-order valence-corrected chi connectivity index (χ2v) is 4.44. The van der Waals surface area contributed by atoms with E-state index in [1.807, 2.05) is 6.92 Å². The number of carbonyl (C=O) groups excluding carboxylic acids is 1. The van der Waals surface area contributed by atoms with E-state index in [0.29, 0.717) is 39.2 Å². The van der Waals surface area contributed by atoms with Crippen LogP contribution in [0, 0.1) is 0 Å². The van der Waals surface area contributed by atoms with Gasteiger partial charge in [-0.1, -0.05) is 12.2 Å². The summed E-state index contributed by atoms with van der Waals surface area (Å²) in [5, 5.41) is 13.9. The molecule has 0 radical (unpaired) electrons. The Labute approximate surface area is 119 Å². The molecule has 0 aromatic heterocycles. The molecule has 0 rings (SSSR count). The molecule has 3 N–H and O–H groups in total. The Morgan fingerprint density at radius 1 is 1.35 bits per heavy atom. The van der Waals surface area contributed by atoms with E-state index in [1.54, 1.807) is 7.11 Å². The molecule has 1 atom stereocenters. The molecule has 0 saturated carbocycles. The van der Waals surface area contributed by atoms with Crippen LogP contribution in [0.2, 0.25) is 0 Å². The number of carbonyl (C=O) groups is 2. The standard InChI is InChI=1S/C13H24N2O5/c1-10(2)9-20-8-6-14-13(18)15-11(12(16)17)5-4-7-19-3/h11H,1,4-9H2,2-3H3,(H,16,17)(H2,14,15,18). The van der Waals surface area contributed by atoms with Gasteiger partial charge in [-0.15, -0.1) is 0 Å². The number of amides is 2. The van der Waals surface area contributed by atoms with Crippen LogP contribution in [-0.4, -0.2) is 56.6 Å². The molecular formula is C13H24N2O5. The molecule has 0 aliphatic rings. The number of ether oxygens (including phenoxy) is 2. The highest BCUT2D eigenvalue weighted by atomic mass is 16.5. The highest BCUT2D eigenvalue weighted by molar-refractivity contribution is 5.82. The van der Waals surface area contributed by atoms with Crippen molar-refractivity contribution in [3.05, 3.63) is 12.2 Å². The molecule has 0 heterocycles. The summed E-state index contributed by atoms with van der Waals surface area (Å²) in [6, 6.07) is -1.43. The summed E-state index contributed by atoms with van der Waals surface area (Å²) in [5.41, 5.74) is 0.901. The number of aliphatic carboxylic acids is 1. The molecule has 0 aromatic carbocycles. The lowest BCUT2D eigenvalue weighted by molar-refractivity contribution is -0.139. The number of methoxy groups -OCH3 is 1. The summed E-state index contributed by atoms with van der Waals surface area (Å²) in [4.78, 5) is 22.5.